The van der Waals surface area contributed by atoms with Gasteiger partial charge in [0.25, 0.3) is 5.91 Å². The van der Waals surface area contributed by atoms with Gasteiger partial charge in [0.15, 0.2) is 9.84 Å². The molecule has 2 aliphatic rings. The SMILES string of the molecule is NC/C=C(\F)CS(=O)(=O)c1ccc(C(=O)NCc2cn(CCOCCOCCOCCNC(=O)CCCC[C@@H]3SC[C@@H]4NC(=O)N[C@@H]43)nn2)cc1. The van der Waals surface area contributed by atoms with Crippen LogP contribution in [0, 0.1) is 0 Å². The molecule has 2 aromatic rings. The Morgan fingerprint density at radius 1 is 1.04 bits per heavy atom. The molecule has 2 saturated heterocycles. The first-order valence-corrected chi connectivity index (χ1v) is 19.6. The quantitative estimate of drug-likeness (QED) is 0.0739. The molecule has 0 spiro atoms. The maximum atomic E-state index is 13.6. The molecule has 0 saturated carbocycles. The van der Waals surface area contributed by atoms with Crippen LogP contribution < -0.4 is 27.0 Å². The number of aromatic nitrogens is 3. The minimum absolute atomic E-state index is 0.0121. The van der Waals surface area contributed by atoms with Crippen LogP contribution in [0.5, 0.6) is 0 Å². The van der Waals surface area contributed by atoms with Crippen LogP contribution in [-0.2, 0) is 41.9 Å². The highest BCUT2D eigenvalue weighted by Gasteiger charge is 2.42. The molecule has 3 heterocycles. The van der Waals surface area contributed by atoms with E-state index in [0.29, 0.717) is 70.1 Å². The summed E-state index contributed by atoms with van der Waals surface area (Å²) in [5.74, 6) is -1.11. The van der Waals surface area contributed by atoms with Crippen molar-refractivity contribution in [2.24, 2.45) is 5.73 Å². The number of urea groups is 1. The molecule has 2 fully saturated rings. The monoisotopic (exact) mass is 754 g/mol. The normalized spacial score (nSPS) is 18.7. The van der Waals surface area contributed by atoms with Gasteiger partial charge < -0.3 is 41.2 Å². The fourth-order valence-electron chi connectivity index (χ4n) is 5.39. The number of sulfone groups is 1. The van der Waals surface area contributed by atoms with Crippen molar-refractivity contribution in [2.75, 3.05) is 64.2 Å². The second-order valence-electron chi connectivity index (χ2n) is 11.9. The number of thioether (sulfide) groups is 1. The molecule has 3 atom stereocenters. The molecule has 282 valence electrons. The molecular weight excluding hydrogens is 708 g/mol. The zero-order valence-electron chi connectivity index (χ0n) is 28.4. The maximum Gasteiger partial charge on any atom is 0.315 e. The lowest BCUT2D eigenvalue weighted by atomic mass is 10.0. The highest BCUT2D eigenvalue weighted by Crippen LogP contribution is 2.33. The number of halogens is 1. The first-order valence-electron chi connectivity index (χ1n) is 16.9. The fraction of sp³-hybridized carbons (Fsp3) is 0.594. The van der Waals surface area contributed by atoms with E-state index in [4.69, 9.17) is 19.9 Å². The van der Waals surface area contributed by atoms with E-state index in [1.165, 1.54) is 24.3 Å². The number of rotatable bonds is 24. The number of nitrogens with two attached hydrogens (primary N) is 1. The van der Waals surface area contributed by atoms with Crippen molar-refractivity contribution in [3.63, 3.8) is 0 Å². The van der Waals surface area contributed by atoms with Gasteiger partial charge in [0.2, 0.25) is 5.91 Å². The summed E-state index contributed by atoms with van der Waals surface area (Å²) in [6.07, 6.45) is 5.91. The Kier molecular flexibility index (Phi) is 16.6. The molecule has 0 radical (unpaired) electrons. The average Bonchev–Trinajstić information content (AvgIpc) is 3.82. The molecule has 19 heteroatoms. The van der Waals surface area contributed by atoms with E-state index in [1.54, 1.807) is 10.9 Å². The Labute approximate surface area is 301 Å². The Hall–Kier alpha value is -3.62. The zero-order chi connectivity index (χ0) is 36.5. The van der Waals surface area contributed by atoms with Crippen molar-refractivity contribution < 1.29 is 41.4 Å². The van der Waals surface area contributed by atoms with Crippen LogP contribution in [0.1, 0.15) is 41.7 Å². The molecule has 1 aromatic carbocycles. The topological polar surface area (TPSA) is 218 Å². The van der Waals surface area contributed by atoms with Crippen molar-refractivity contribution >= 4 is 39.4 Å². The molecule has 0 aliphatic carbocycles. The first-order chi connectivity index (χ1) is 24.6. The Balaban J connectivity index is 0.945. The number of amides is 4. The number of nitrogens with one attached hydrogen (secondary N) is 4. The lowest BCUT2D eigenvalue weighted by molar-refractivity contribution is -0.121. The van der Waals surface area contributed by atoms with Crippen LogP contribution in [0.3, 0.4) is 0 Å². The number of ether oxygens (including phenoxy) is 3. The number of hydrogen-bond acceptors (Lipinski definition) is 12. The van der Waals surface area contributed by atoms with Gasteiger partial charge in [0.1, 0.15) is 17.3 Å². The molecular formula is C32H47FN8O8S2. The molecule has 51 heavy (non-hydrogen) atoms. The van der Waals surface area contributed by atoms with Crippen LogP contribution in [-0.4, -0.2) is 123 Å². The van der Waals surface area contributed by atoms with E-state index >= 15 is 0 Å². The smallest absolute Gasteiger partial charge is 0.315 e. The Morgan fingerprint density at radius 3 is 2.51 bits per heavy atom. The molecule has 16 nitrogen and oxygen atoms in total. The summed E-state index contributed by atoms with van der Waals surface area (Å²) in [7, 11) is -3.90. The minimum atomic E-state index is -3.90. The van der Waals surface area contributed by atoms with E-state index in [1.807, 2.05) is 11.8 Å². The summed E-state index contributed by atoms with van der Waals surface area (Å²) < 4.78 is 56.4. The van der Waals surface area contributed by atoms with Gasteiger partial charge in [-0.05, 0) is 43.2 Å². The fourth-order valence-corrected chi connectivity index (χ4v) is 8.13. The molecule has 0 unspecified atom stereocenters. The van der Waals surface area contributed by atoms with Gasteiger partial charge in [-0.3, -0.25) is 9.59 Å². The maximum absolute atomic E-state index is 13.6. The van der Waals surface area contributed by atoms with Crippen LogP contribution in [0.15, 0.2) is 47.3 Å². The summed E-state index contributed by atoms with van der Waals surface area (Å²) >= 11 is 1.88. The Bertz CT molecular complexity index is 1560. The highest BCUT2D eigenvalue weighted by atomic mass is 32.2. The predicted octanol–water partition coefficient (Wildman–Crippen LogP) is 0.686. The van der Waals surface area contributed by atoms with E-state index in [-0.39, 0.29) is 47.6 Å². The van der Waals surface area contributed by atoms with Crippen molar-refractivity contribution in [2.45, 2.75) is 61.0 Å². The third-order valence-corrected chi connectivity index (χ3v) is 11.2. The van der Waals surface area contributed by atoms with Crippen molar-refractivity contribution in [1.29, 1.82) is 0 Å². The van der Waals surface area contributed by atoms with Crippen LogP contribution in [0.2, 0.25) is 0 Å². The highest BCUT2D eigenvalue weighted by molar-refractivity contribution is 8.00. The molecule has 1 aromatic heterocycles. The van der Waals surface area contributed by atoms with Crippen molar-refractivity contribution in [3.8, 4) is 0 Å². The summed E-state index contributed by atoms with van der Waals surface area (Å²) in [6, 6.07) is 5.57. The number of carbonyl (C=O) groups is 3. The van der Waals surface area contributed by atoms with Crippen molar-refractivity contribution in [1.82, 2.24) is 36.3 Å². The number of unbranched alkanes of at least 4 members (excludes halogenated alkanes) is 1. The lowest BCUT2D eigenvalue weighted by Gasteiger charge is -2.16. The van der Waals surface area contributed by atoms with E-state index in [0.717, 1.165) is 31.1 Å². The van der Waals surface area contributed by atoms with Crippen LogP contribution >= 0.6 is 11.8 Å². The summed E-state index contributed by atoms with van der Waals surface area (Å²) in [6.45, 7) is 3.28. The van der Waals surface area contributed by atoms with E-state index < -0.39 is 27.3 Å². The van der Waals surface area contributed by atoms with Gasteiger partial charge in [-0.1, -0.05) is 11.6 Å². The summed E-state index contributed by atoms with van der Waals surface area (Å²) in [4.78, 5) is 35.9. The third kappa shape index (κ3) is 13.8. The van der Waals surface area contributed by atoms with Crippen LogP contribution in [0.4, 0.5) is 9.18 Å². The second kappa shape index (κ2) is 21.0. The van der Waals surface area contributed by atoms with Gasteiger partial charge in [-0.2, -0.15) is 11.8 Å². The standard InChI is InChI=1S/C32H47FN8O8S2/c33-24(9-10-34)22-51(45,46)26-7-5-23(6-8-26)31(43)36-19-25-20-41(40-39-25)12-14-48-16-18-49-17-15-47-13-11-35-29(42)4-2-1-3-28-30-27(21-50-28)37-32(44)38-30/h5-9,20,27-28,30H,1-4,10-19,21-22,34H2,(H,35,42)(H,36,43)(H2,37,38,44)/b24-9-/t27-,28-,30-/m0/s1. The number of carbonyl (C=O) groups excluding carboxylic acids is 3. The average molecular weight is 755 g/mol. The van der Waals surface area contributed by atoms with Gasteiger partial charge >= 0.3 is 6.03 Å². The van der Waals surface area contributed by atoms with Crippen molar-refractivity contribution in [3.05, 3.63) is 53.6 Å². The minimum Gasteiger partial charge on any atom is -0.377 e. The zero-order valence-corrected chi connectivity index (χ0v) is 30.0. The van der Waals surface area contributed by atoms with Crippen LogP contribution in [0.25, 0.3) is 0 Å². The lowest BCUT2D eigenvalue weighted by Crippen LogP contribution is -2.36. The summed E-state index contributed by atoms with van der Waals surface area (Å²) in [5, 5.41) is 20.0. The predicted molar refractivity (Wildman–Crippen MR) is 187 cm³/mol. The number of hydrogen-bond donors (Lipinski definition) is 5. The molecule has 2 aliphatic heterocycles. The number of benzene rings is 1. The molecule has 6 N–H and O–H groups in total. The summed E-state index contributed by atoms with van der Waals surface area (Å²) in [5.41, 5.74) is 5.98. The first kappa shape index (κ1) is 40.2. The third-order valence-electron chi connectivity index (χ3n) is 8.02. The van der Waals surface area contributed by atoms with Gasteiger partial charge in [0, 0.05) is 36.1 Å². The van der Waals surface area contributed by atoms with Gasteiger partial charge in [0.05, 0.1) is 75.9 Å². The molecule has 4 amide bonds. The Morgan fingerprint density at radius 2 is 1.76 bits per heavy atom. The molecule has 0 bridgehead atoms. The van der Waals surface area contributed by atoms with E-state index in [2.05, 4.69) is 31.6 Å². The largest absolute Gasteiger partial charge is 0.377 e. The number of nitrogens with zero attached hydrogens (tertiary/aromatic N) is 3. The molecule has 4 rings (SSSR count). The number of fused-ring (bicyclic) bond motifs is 1. The van der Waals surface area contributed by atoms with Gasteiger partial charge in [-0.25, -0.2) is 22.3 Å². The van der Waals surface area contributed by atoms with Gasteiger partial charge in [-0.15, -0.1) is 5.10 Å². The second-order valence-corrected chi connectivity index (χ2v) is 15.1. The van der Waals surface area contributed by atoms with E-state index in [9.17, 15) is 27.2 Å².